The third-order valence-corrected chi connectivity index (χ3v) is 2.75. The average molecular weight is 276 g/mol. The van der Waals surface area contributed by atoms with E-state index in [4.69, 9.17) is 14.7 Å². The van der Waals surface area contributed by atoms with Gasteiger partial charge in [0.05, 0.1) is 18.7 Å². The Morgan fingerprint density at radius 1 is 1.35 bits per heavy atom. The van der Waals surface area contributed by atoms with E-state index in [1.807, 2.05) is 6.07 Å². The lowest BCUT2D eigenvalue weighted by Crippen LogP contribution is -2.29. The molecule has 5 heteroatoms. The molecule has 0 saturated heterocycles. The van der Waals surface area contributed by atoms with E-state index >= 15 is 0 Å². The van der Waals surface area contributed by atoms with Crippen LogP contribution < -0.4 is 14.8 Å². The maximum Gasteiger partial charge on any atom is 0.257 e. The first-order chi connectivity index (χ1) is 9.71. The summed E-state index contributed by atoms with van der Waals surface area (Å²) in [7, 11) is 1.49. The minimum absolute atomic E-state index is 0.0611. The maximum atomic E-state index is 11.6. The van der Waals surface area contributed by atoms with Crippen molar-refractivity contribution in [3.05, 3.63) is 23.8 Å². The summed E-state index contributed by atoms with van der Waals surface area (Å²) in [5, 5.41) is 11.6. The Labute approximate surface area is 119 Å². The van der Waals surface area contributed by atoms with Crippen LogP contribution in [0.2, 0.25) is 0 Å². The molecule has 0 saturated carbocycles. The molecule has 0 aliphatic carbocycles. The predicted octanol–water partition coefficient (Wildman–Crippen LogP) is 2.25. The van der Waals surface area contributed by atoms with Crippen molar-refractivity contribution in [2.75, 3.05) is 20.3 Å². The standard InChI is InChI=1S/C15H20N2O3/c1-3-4-5-8-17-15(18)11-20-13-7-6-12(10-16)9-14(13)19-2/h6-7,9H,3-5,8,11H2,1-2H3,(H,17,18). The van der Waals surface area contributed by atoms with Crippen molar-refractivity contribution < 1.29 is 14.3 Å². The van der Waals surface area contributed by atoms with E-state index in [1.165, 1.54) is 7.11 Å². The second kappa shape index (κ2) is 8.81. The molecule has 1 rings (SSSR count). The summed E-state index contributed by atoms with van der Waals surface area (Å²) in [6.07, 6.45) is 3.20. The third-order valence-electron chi connectivity index (χ3n) is 2.75. The summed E-state index contributed by atoms with van der Waals surface area (Å²) in [5.41, 5.74) is 0.484. The van der Waals surface area contributed by atoms with Gasteiger partial charge in [-0.1, -0.05) is 19.8 Å². The van der Waals surface area contributed by atoms with Gasteiger partial charge in [0.25, 0.3) is 5.91 Å². The molecule has 1 aromatic rings. The van der Waals surface area contributed by atoms with Crippen LogP contribution in [-0.4, -0.2) is 26.2 Å². The van der Waals surface area contributed by atoms with Crippen molar-refractivity contribution in [3.8, 4) is 17.6 Å². The molecule has 0 aliphatic rings. The second-order valence-electron chi connectivity index (χ2n) is 4.32. The van der Waals surface area contributed by atoms with Crippen LogP contribution in [0.5, 0.6) is 11.5 Å². The average Bonchev–Trinajstić information content (AvgIpc) is 2.49. The highest BCUT2D eigenvalue weighted by Gasteiger charge is 2.08. The summed E-state index contributed by atoms with van der Waals surface area (Å²) < 4.78 is 10.5. The van der Waals surface area contributed by atoms with Crippen molar-refractivity contribution in [1.82, 2.24) is 5.32 Å². The fourth-order valence-electron chi connectivity index (χ4n) is 1.65. The minimum atomic E-state index is -0.160. The van der Waals surface area contributed by atoms with Crippen LogP contribution in [0.25, 0.3) is 0 Å². The van der Waals surface area contributed by atoms with Gasteiger partial charge in [-0.15, -0.1) is 0 Å². The highest BCUT2D eigenvalue weighted by atomic mass is 16.5. The van der Waals surface area contributed by atoms with Crippen LogP contribution in [0.4, 0.5) is 0 Å². The number of nitriles is 1. The molecule has 0 heterocycles. The maximum absolute atomic E-state index is 11.6. The summed E-state index contributed by atoms with van der Waals surface area (Å²) in [4.78, 5) is 11.6. The van der Waals surface area contributed by atoms with Gasteiger partial charge in [-0.25, -0.2) is 0 Å². The van der Waals surface area contributed by atoms with E-state index in [0.29, 0.717) is 23.6 Å². The molecule has 108 valence electrons. The van der Waals surface area contributed by atoms with Crippen molar-refractivity contribution in [3.63, 3.8) is 0 Å². The van der Waals surface area contributed by atoms with E-state index in [1.54, 1.807) is 18.2 Å². The number of nitrogens with zero attached hydrogens (tertiary/aromatic N) is 1. The molecule has 1 N–H and O–H groups in total. The van der Waals surface area contributed by atoms with Gasteiger partial charge in [0, 0.05) is 12.6 Å². The van der Waals surface area contributed by atoms with E-state index < -0.39 is 0 Å². The van der Waals surface area contributed by atoms with E-state index in [9.17, 15) is 4.79 Å². The highest BCUT2D eigenvalue weighted by molar-refractivity contribution is 5.77. The molecule has 1 aromatic carbocycles. The summed E-state index contributed by atoms with van der Waals surface area (Å²) >= 11 is 0. The fourth-order valence-corrected chi connectivity index (χ4v) is 1.65. The van der Waals surface area contributed by atoms with Crippen molar-refractivity contribution in [1.29, 1.82) is 5.26 Å². The summed E-state index contributed by atoms with van der Waals surface area (Å²) in [6, 6.07) is 6.85. The van der Waals surface area contributed by atoms with Crippen LogP contribution >= 0.6 is 0 Å². The lowest BCUT2D eigenvalue weighted by Gasteiger charge is -2.11. The fraction of sp³-hybridized carbons (Fsp3) is 0.467. The van der Waals surface area contributed by atoms with E-state index in [-0.39, 0.29) is 12.5 Å². The molecule has 20 heavy (non-hydrogen) atoms. The number of benzene rings is 1. The number of unbranched alkanes of at least 4 members (excludes halogenated alkanes) is 2. The zero-order valence-electron chi connectivity index (χ0n) is 11.9. The number of ether oxygens (including phenoxy) is 2. The smallest absolute Gasteiger partial charge is 0.257 e. The molecular formula is C15H20N2O3. The summed E-state index contributed by atoms with van der Waals surface area (Å²) in [6.45, 7) is 2.72. The molecule has 0 spiro atoms. The van der Waals surface area contributed by atoms with Gasteiger partial charge >= 0.3 is 0 Å². The van der Waals surface area contributed by atoms with Crippen LogP contribution in [0.15, 0.2) is 18.2 Å². The molecule has 5 nitrogen and oxygen atoms in total. The lowest BCUT2D eigenvalue weighted by atomic mass is 10.2. The first-order valence-corrected chi connectivity index (χ1v) is 6.69. The first kappa shape index (κ1) is 15.8. The van der Waals surface area contributed by atoms with Gasteiger partial charge in [-0.05, 0) is 18.6 Å². The topological polar surface area (TPSA) is 71.3 Å². The number of hydrogen-bond acceptors (Lipinski definition) is 4. The van der Waals surface area contributed by atoms with Crippen molar-refractivity contribution in [2.24, 2.45) is 0 Å². The lowest BCUT2D eigenvalue weighted by molar-refractivity contribution is -0.123. The number of carbonyl (C=O) groups excluding carboxylic acids is 1. The number of amides is 1. The number of hydrogen-bond donors (Lipinski definition) is 1. The van der Waals surface area contributed by atoms with Gasteiger partial charge < -0.3 is 14.8 Å². The largest absolute Gasteiger partial charge is 0.493 e. The Balaban J connectivity index is 2.45. The van der Waals surface area contributed by atoms with Crippen molar-refractivity contribution in [2.45, 2.75) is 26.2 Å². The molecule has 0 radical (unpaired) electrons. The molecule has 0 bridgehead atoms. The van der Waals surface area contributed by atoms with Gasteiger partial charge in [-0.2, -0.15) is 5.26 Å². The van der Waals surface area contributed by atoms with Crippen LogP contribution in [0.1, 0.15) is 31.7 Å². The van der Waals surface area contributed by atoms with Gasteiger partial charge in [0.15, 0.2) is 18.1 Å². The Morgan fingerprint density at radius 2 is 2.15 bits per heavy atom. The number of rotatable bonds is 8. The van der Waals surface area contributed by atoms with E-state index in [2.05, 4.69) is 12.2 Å². The Bertz CT molecular complexity index is 480. The monoisotopic (exact) mass is 276 g/mol. The molecular weight excluding hydrogens is 256 g/mol. The highest BCUT2D eigenvalue weighted by Crippen LogP contribution is 2.27. The van der Waals surface area contributed by atoms with Crippen LogP contribution in [0, 0.1) is 11.3 Å². The zero-order chi connectivity index (χ0) is 14.8. The molecule has 0 fully saturated rings. The SMILES string of the molecule is CCCCCNC(=O)COc1ccc(C#N)cc1OC. The second-order valence-corrected chi connectivity index (χ2v) is 4.32. The van der Waals surface area contributed by atoms with Crippen molar-refractivity contribution >= 4 is 5.91 Å². The summed E-state index contributed by atoms with van der Waals surface area (Å²) in [5.74, 6) is 0.741. The molecule has 0 unspecified atom stereocenters. The molecule has 0 atom stereocenters. The molecule has 0 aromatic heterocycles. The van der Waals surface area contributed by atoms with Gasteiger partial charge in [0.2, 0.25) is 0 Å². The Hall–Kier alpha value is -2.22. The van der Waals surface area contributed by atoms with Crippen LogP contribution in [-0.2, 0) is 4.79 Å². The third kappa shape index (κ3) is 5.19. The molecule has 1 amide bonds. The van der Waals surface area contributed by atoms with Crippen LogP contribution in [0.3, 0.4) is 0 Å². The predicted molar refractivity (Wildman–Crippen MR) is 75.7 cm³/mol. The number of nitrogens with one attached hydrogen (secondary N) is 1. The Morgan fingerprint density at radius 3 is 2.80 bits per heavy atom. The number of carbonyl (C=O) groups is 1. The zero-order valence-corrected chi connectivity index (χ0v) is 11.9. The molecule has 0 aliphatic heterocycles. The number of methoxy groups -OCH3 is 1. The minimum Gasteiger partial charge on any atom is -0.493 e. The van der Waals surface area contributed by atoms with E-state index in [0.717, 1.165) is 19.3 Å². The normalized spacial score (nSPS) is 9.65. The quantitative estimate of drug-likeness (QED) is 0.739. The van der Waals surface area contributed by atoms with Gasteiger partial charge in [0.1, 0.15) is 0 Å². The Kier molecular flexibility index (Phi) is 6.97. The van der Waals surface area contributed by atoms with Gasteiger partial charge in [-0.3, -0.25) is 4.79 Å². The first-order valence-electron chi connectivity index (χ1n) is 6.69.